The molecule has 0 unspecified atom stereocenters. The quantitative estimate of drug-likeness (QED) is 0.533. The molecular formula is C22H21ClN4. The van der Waals surface area contributed by atoms with Gasteiger partial charge in [0.2, 0.25) is 0 Å². The molecule has 2 aromatic heterocycles. The van der Waals surface area contributed by atoms with Gasteiger partial charge < -0.3 is 9.88 Å². The summed E-state index contributed by atoms with van der Waals surface area (Å²) < 4.78 is 0. The number of H-pyrrole nitrogens is 1. The van der Waals surface area contributed by atoms with Crippen LogP contribution in [-0.2, 0) is 6.42 Å². The van der Waals surface area contributed by atoms with Crippen molar-refractivity contribution in [2.75, 3.05) is 18.0 Å². The van der Waals surface area contributed by atoms with Crippen molar-refractivity contribution in [3.8, 4) is 0 Å². The Hall–Kier alpha value is -2.59. The Morgan fingerprint density at radius 1 is 1.04 bits per heavy atom. The van der Waals surface area contributed by atoms with Crippen LogP contribution in [-0.4, -0.2) is 28.0 Å². The molecule has 1 N–H and O–H groups in total. The highest BCUT2D eigenvalue weighted by atomic mass is 35.5. The van der Waals surface area contributed by atoms with Crippen LogP contribution < -0.4 is 4.90 Å². The van der Waals surface area contributed by atoms with E-state index in [1.807, 2.05) is 30.5 Å². The van der Waals surface area contributed by atoms with E-state index in [-0.39, 0.29) is 0 Å². The van der Waals surface area contributed by atoms with E-state index in [9.17, 15) is 0 Å². The topological polar surface area (TPSA) is 44.8 Å². The molecule has 27 heavy (non-hydrogen) atoms. The van der Waals surface area contributed by atoms with Crippen molar-refractivity contribution in [2.24, 2.45) is 5.92 Å². The van der Waals surface area contributed by atoms with Crippen LogP contribution in [0.15, 0.2) is 54.7 Å². The summed E-state index contributed by atoms with van der Waals surface area (Å²) >= 11 is 6.08. The van der Waals surface area contributed by atoms with Gasteiger partial charge in [0, 0.05) is 41.8 Å². The summed E-state index contributed by atoms with van der Waals surface area (Å²) in [5.41, 5.74) is 4.39. The van der Waals surface area contributed by atoms with Gasteiger partial charge in [0.1, 0.15) is 5.82 Å². The number of imidazole rings is 1. The lowest BCUT2D eigenvalue weighted by Gasteiger charge is -2.34. The standard InChI is InChI=1S/C22H21ClN4/c23-16-5-6-19-20(14-16)26-22(25-19)13-15-8-11-27(12-9-15)21-7-10-24-18-4-2-1-3-17(18)21/h1-7,10,14-15H,8-9,11-13H2,(H,25,26). The summed E-state index contributed by atoms with van der Waals surface area (Å²) in [7, 11) is 0. The highest BCUT2D eigenvalue weighted by molar-refractivity contribution is 6.31. The van der Waals surface area contributed by atoms with Gasteiger partial charge in [-0.25, -0.2) is 4.98 Å². The van der Waals surface area contributed by atoms with Crippen LogP contribution >= 0.6 is 11.6 Å². The molecule has 1 saturated heterocycles. The number of hydrogen-bond acceptors (Lipinski definition) is 3. The highest BCUT2D eigenvalue weighted by Crippen LogP contribution is 2.30. The molecule has 5 rings (SSSR count). The average Bonchev–Trinajstić information content (AvgIpc) is 3.09. The molecule has 0 saturated carbocycles. The third kappa shape index (κ3) is 3.26. The number of fused-ring (bicyclic) bond motifs is 2. The molecule has 0 amide bonds. The predicted molar refractivity (Wildman–Crippen MR) is 111 cm³/mol. The van der Waals surface area contributed by atoms with Gasteiger partial charge in [-0.3, -0.25) is 4.98 Å². The largest absolute Gasteiger partial charge is 0.371 e. The van der Waals surface area contributed by atoms with Gasteiger partial charge in [0.15, 0.2) is 0 Å². The second-order valence-corrected chi connectivity index (χ2v) is 7.76. The predicted octanol–water partition coefficient (Wildman–Crippen LogP) is 5.22. The number of nitrogens with zero attached hydrogens (tertiary/aromatic N) is 3. The van der Waals surface area contributed by atoms with Crippen LogP contribution in [0, 0.1) is 5.92 Å². The van der Waals surface area contributed by atoms with Crippen molar-refractivity contribution in [1.29, 1.82) is 0 Å². The van der Waals surface area contributed by atoms with E-state index in [1.54, 1.807) is 0 Å². The smallest absolute Gasteiger partial charge is 0.107 e. The summed E-state index contributed by atoms with van der Waals surface area (Å²) in [6.45, 7) is 2.15. The zero-order valence-corrected chi connectivity index (χ0v) is 15.8. The second-order valence-electron chi connectivity index (χ2n) is 7.33. The van der Waals surface area contributed by atoms with Crippen molar-refractivity contribution < 1.29 is 0 Å². The maximum atomic E-state index is 6.08. The fraction of sp³-hybridized carbons (Fsp3) is 0.273. The number of rotatable bonds is 3. The maximum absolute atomic E-state index is 6.08. The zero-order valence-electron chi connectivity index (χ0n) is 15.0. The molecule has 4 nitrogen and oxygen atoms in total. The van der Waals surface area contributed by atoms with E-state index >= 15 is 0 Å². The molecule has 0 aliphatic carbocycles. The first-order valence-electron chi connectivity index (χ1n) is 9.49. The van der Waals surface area contributed by atoms with E-state index in [2.05, 4.69) is 39.1 Å². The fourth-order valence-corrected chi connectivity index (χ4v) is 4.31. The van der Waals surface area contributed by atoms with Gasteiger partial charge in [0.25, 0.3) is 0 Å². The van der Waals surface area contributed by atoms with Crippen molar-refractivity contribution in [1.82, 2.24) is 15.0 Å². The molecule has 0 radical (unpaired) electrons. The van der Waals surface area contributed by atoms with Crippen molar-refractivity contribution in [2.45, 2.75) is 19.3 Å². The number of nitrogens with one attached hydrogen (secondary N) is 1. The minimum Gasteiger partial charge on any atom is -0.371 e. The normalized spacial score (nSPS) is 15.7. The first-order valence-corrected chi connectivity index (χ1v) is 9.87. The van der Waals surface area contributed by atoms with E-state index in [4.69, 9.17) is 16.6 Å². The lowest BCUT2D eigenvalue weighted by atomic mass is 9.93. The SMILES string of the molecule is Clc1ccc2nc(CC3CCN(c4ccnc5ccccc45)CC3)[nH]c2c1. The van der Waals surface area contributed by atoms with Crippen molar-refractivity contribution in [3.63, 3.8) is 0 Å². The molecule has 136 valence electrons. The summed E-state index contributed by atoms with van der Waals surface area (Å²) in [5, 5.41) is 1.99. The van der Waals surface area contributed by atoms with Gasteiger partial charge >= 0.3 is 0 Å². The molecular weight excluding hydrogens is 356 g/mol. The molecule has 1 aliphatic rings. The number of para-hydroxylation sites is 1. The second kappa shape index (κ2) is 6.86. The summed E-state index contributed by atoms with van der Waals surface area (Å²) in [6, 6.07) is 16.4. The lowest BCUT2D eigenvalue weighted by Crippen LogP contribution is -2.34. The number of pyridine rings is 1. The Kier molecular flexibility index (Phi) is 4.21. The molecule has 1 fully saturated rings. The zero-order chi connectivity index (χ0) is 18.2. The Morgan fingerprint density at radius 3 is 2.78 bits per heavy atom. The molecule has 0 spiro atoms. The average molecular weight is 377 g/mol. The minimum absolute atomic E-state index is 0.658. The first kappa shape index (κ1) is 16.6. The van der Waals surface area contributed by atoms with E-state index in [1.165, 1.54) is 23.9 Å². The third-order valence-electron chi connectivity index (χ3n) is 5.56. The maximum Gasteiger partial charge on any atom is 0.107 e. The Morgan fingerprint density at radius 2 is 1.89 bits per heavy atom. The molecule has 1 aliphatic heterocycles. The molecule has 5 heteroatoms. The number of benzene rings is 2. The van der Waals surface area contributed by atoms with Crippen LogP contribution in [0.5, 0.6) is 0 Å². The molecule has 2 aromatic carbocycles. The van der Waals surface area contributed by atoms with Crippen molar-refractivity contribution >= 4 is 39.2 Å². The molecule has 0 bridgehead atoms. The van der Waals surface area contributed by atoms with Gasteiger partial charge in [-0.15, -0.1) is 0 Å². The monoisotopic (exact) mass is 376 g/mol. The summed E-state index contributed by atoms with van der Waals surface area (Å²) in [4.78, 5) is 15.1. The number of aromatic amines is 1. The van der Waals surface area contributed by atoms with E-state index < -0.39 is 0 Å². The molecule has 0 atom stereocenters. The first-order chi connectivity index (χ1) is 13.3. The van der Waals surface area contributed by atoms with E-state index in [0.717, 1.165) is 46.9 Å². The van der Waals surface area contributed by atoms with Gasteiger partial charge in [-0.2, -0.15) is 0 Å². The number of halogens is 1. The number of piperidine rings is 1. The van der Waals surface area contributed by atoms with E-state index in [0.29, 0.717) is 5.92 Å². The Bertz CT molecular complexity index is 1090. The van der Waals surface area contributed by atoms with Crippen LogP contribution in [0.2, 0.25) is 5.02 Å². The number of hydrogen-bond donors (Lipinski definition) is 1. The molecule has 3 heterocycles. The van der Waals surface area contributed by atoms with Gasteiger partial charge in [0.05, 0.1) is 16.6 Å². The molecule has 4 aromatic rings. The summed E-state index contributed by atoms with van der Waals surface area (Å²) in [6.07, 6.45) is 5.27. The van der Waals surface area contributed by atoms with Gasteiger partial charge in [-0.05, 0) is 49.1 Å². The highest BCUT2D eigenvalue weighted by Gasteiger charge is 2.22. The van der Waals surface area contributed by atoms with Crippen LogP contribution in [0.25, 0.3) is 21.9 Å². The van der Waals surface area contributed by atoms with Crippen molar-refractivity contribution in [3.05, 3.63) is 65.6 Å². The van der Waals surface area contributed by atoms with Crippen LogP contribution in [0.4, 0.5) is 5.69 Å². The fourth-order valence-electron chi connectivity index (χ4n) is 4.14. The third-order valence-corrected chi connectivity index (χ3v) is 5.79. The number of anilines is 1. The van der Waals surface area contributed by atoms with Crippen LogP contribution in [0.1, 0.15) is 18.7 Å². The Balaban J connectivity index is 1.29. The summed E-state index contributed by atoms with van der Waals surface area (Å²) in [5.74, 6) is 1.73. The van der Waals surface area contributed by atoms with Gasteiger partial charge in [-0.1, -0.05) is 29.8 Å². The lowest BCUT2D eigenvalue weighted by molar-refractivity contribution is 0.398. The van der Waals surface area contributed by atoms with Crippen LogP contribution in [0.3, 0.4) is 0 Å². The minimum atomic E-state index is 0.658. The Labute approximate surface area is 163 Å². The number of aromatic nitrogens is 3.